The molecule has 0 aliphatic rings. The zero-order valence-corrected chi connectivity index (χ0v) is 36.0. The first kappa shape index (κ1) is 47.7. The van der Waals surface area contributed by atoms with E-state index in [1.54, 1.807) is 61.5 Å². The molecular weight excluding hydrogens is 838 g/mol. The number of non-ortho nitro benzene ring substituents is 2. The van der Waals surface area contributed by atoms with Crippen molar-refractivity contribution in [1.29, 1.82) is 0 Å². The molecule has 276 valence electrons. The molecule has 1 aromatic heterocycles. The van der Waals surface area contributed by atoms with E-state index in [-0.39, 0.29) is 117 Å². The van der Waals surface area contributed by atoms with E-state index in [0.717, 1.165) is 29.7 Å². The maximum absolute atomic E-state index is 11.3. The minimum Gasteiger partial charge on any atom is -0.506 e. The summed E-state index contributed by atoms with van der Waals surface area (Å²) < 4.78 is 33.0. The van der Waals surface area contributed by atoms with Crippen LogP contribution in [0.1, 0.15) is 5.69 Å². The van der Waals surface area contributed by atoms with Crippen LogP contribution in [0.2, 0.25) is 5.02 Å². The van der Waals surface area contributed by atoms with Crippen molar-refractivity contribution in [3.05, 3.63) is 122 Å². The molecule has 0 aliphatic carbocycles. The van der Waals surface area contributed by atoms with E-state index in [0.29, 0.717) is 27.9 Å². The Hall–Kier alpha value is -4.50. The van der Waals surface area contributed by atoms with Crippen LogP contribution in [0.3, 0.4) is 0 Å². The number of benzene rings is 5. The first-order valence-electron chi connectivity index (χ1n) is 14.6. The molecule has 24 heteroatoms. The van der Waals surface area contributed by atoms with E-state index in [1.165, 1.54) is 10.7 Å². The van der Waals surface area contributed by atoms with Gasteiger partial charge in [-0.15, -0.1) is 20.5 Å². The monoisotopic (exact) mass is 860 g/mol. The van der Waals surface area contributed by atoms with Crippen LogP contribution in [-0.2, 0) is 27.5 Å². The zero-order valence-electron chi connectivity index (χ0n) is 29.1. The van der Waals surface area contributed by atoms with Gasteiger partial charge < -0.3 is 20.4 Å². The minimum atomic E-state index is -4.94. The van der Waals surface area contributed by atoms with Crippen LogP contribution in [0.25, 0.3) is 16.5 Å². The third kappa shape index (κ3) is 10.9. The quantitative estimate of drug-likeness (QED) is 0.0485. The Labute approximate surface area is 375 Å². The second kappa shape index (κ2) is 20.1. The van der Waals surface area contributed by atoms with Crippen molar-refractivity contribution in [2.75, 3.05) is 0 Å². The summed E-state index contributed by atoms with van der Waals surface area (Å²) in [5, 5.41) is 82.9. The number of hydrogen-bond acceptors (Lipinski definition) is 15. The Morgan fingerprint density at radius 1 is 0.732 bits per heavy atom. The van der Waals surface area contributed by atoms with Crippen molar-refractivity contribution in [2.24, 2.45) is 20.5 Å². The number of aromatic hydroxyl groups is 4. The van der Waals surface area contributed by atoms with E-state index < -0.39 is 42.0 Å². The number of nitro benzene ring substituents is 2. The normalized spacial score (nSPS) is 10.9. The molecular formula is C32H23ClCrN8Na2O11S+2. The molecule has 6 rings (SSSR count). The number of hydrogen-bond donors (Lipinski definition) is 5. The zero-order chi connectivity index (χ0) is 38.6. The molecule has 0 radical (unpaired) electrons. The van der Waals surface area contributed by atoms with Gasteiger partial charge in [0.1, 0.15) is 33.5 Å². The summed E-state index contributed by atoms with van der Waals surface area (Å²) in [6.45, 7) is 1.61. The largest absolute Gasteiger partial charge is 1.00 e. The van der Waals surface area contributed by atoms with Crippen LogP contribution in [-0.4, -0.2) is 53.0 Å². The van der Waals surface area contributed by atoms with E-state index in [9.17, 15) is 49.1 Å². The molecule has 19 nitrogen and oxygen atoms in total. The number of para-hydroxylation sites is 1. The molecule has 0 unspecified atom stereocenters. The number of aryl methyl sites for hydroxylation is 1. The predicted octanol–water partition coefficient (Wildman–Crippen LogP) is 2.40. The van der Waals surface area contributed by atoms with Gasteiger partial charge >= 0.3 is 59.1 Å². The molecule has 0 aliphatic heterocycles. The fraction of sp³-hybridized carbons (Fsp3) is 0.0312. The number of aromatic nitrogens is 2. The van der Waals surface area contributed by atoms with Crippen LogP contribution >= 0.6 is 11.6 Å². The van der Waals surface area contributed by atoms with E-state index >= 15 is 0 Å². The number of phenolic OH excluding ortho intramolecular Hbond substituents is 3. The van der Waals surface area contributed by atoms with Gasteiger partial charge in [-0.25, -0.2) is 0 Å². The summed E-state index contributed by atoms with van der Waals surface area (Å²) in [7, 11) is -4.94. The van der Waals surface area contributed by atoms with E-state index in [4.69, 9.17) is 16.2 Å². The topological polar surface area (TPSA) is 289 Å². The number of fused-ring (bicyclic) bond motifs is 1. The second-order valence-electron chi connectivity index (χ2n) is 10.6. The smallest absolute Gasteiger partial charge is 0.506 e. The minimum absolute atomic E-state index is 0. The molecule has 5 N–H and O–H groups in total. The van der Waals surface area contributed by atoms with Crippen molar-refractivity contribution >= 4 is 66.6 Å². The molecule has 0 fully saturated rings. The third-order valence-electron chi connectivity index (χ3n) is 7.18. The summed E-state index contributed by atoms with van der Waals surface area (Å²) in [6.07, 6.45) is 0. The van der Waals surface area contributed by atoms with Crippen LogP contribution in [0.4, 0.5) is 34.1 Å². The molecule has 56 heavy (non-hydrogen) atoms. The SMILES string of the molecule is Cc1nn(-c2ccccc2Cl)c(O)c1N=Nc1cc([N+](=O)[O-])ccc1O.O=[N+]([O-])c1cc(N=Nc2c(O)ccc3ccccc23)c(O)c(S(=O)(=O)O)c1.[Cr].[Na+].[Na+]. The number of halogens is 1. The van der Waals surface area contributed by atoms with Gasteiger partial charge in [-0.2, -0.15) is 18.2 Å². The molecule has 6 aromatic rings. The van der Waals surface area contributed by atoms with Crippen molar-refractivity contribution < 1.29 is 120 Å². The fourth-order valence-corrected chi connectivity index (χ4v) is 5.47. The Morgan fingerprint density at radius 3 is 1.95 bits per heavy atom. The van der Waals surface area contributed by atoms with Gasteiger partial charge in [0.15, 0.2) is 11.4 Å². The summed E-state index contributed by atoms with van der Waals surface area (Å²) in [6, 6.07) is 21.3. The van der Waals surface area contributed by atoms with Gasteiger partial charge in [0.05, 0.1) is 26.3 Å². The number of rotatable bonds is 8. The second-order valence-corrected chi connectivity index (χ2v) is 12.4. The average Bonchev–Trinajstić information content (AvgIpc) is 3.39. The average molecular weight is 861 g/mol. The summed E-state index contributed by atoms with van der Waals surface area (Å²) in [5.41, 5.74) is -0.762. The van der Waals surface area contributed by atoms with Crippen molar-refractivity contribution in [1.82, 2.24) is 9.78 Å². The maximum atomic E-state index is 11.3. The molecule has 0 saturated heterocycles. The van der Waals surface area contributed by atoms with Gasteiger partial charge in [-0.05, 0) is 36.6 Å². The third-order valence-corrected chi connectivity index (χ3v) is 8.37. The number of phenols is 3. The number of nitro groups is 2. The van der Waals surface area contributed by atoms with Crippen LogP contribution in [0.15, 0.2) is 116 Å². The standard InChI is InChI=1S/C16H12ClN5O4.C16H11N3O7S.Cr.2Na/c1-9-15(16(24)21(20-9)13-5-3-2-4-11(13)17)19-18-12-8-10(22(25)26)6-7-14(12)23;20-13-6-5-9-3-1-2-4-11(9)15(13)18-17-12-7-10(19(22)23)8-14(16(12)21)27(24,25)26;;;/h2-8,23-24H,1H3;1-8,20-21H,(H,24,25,26);;;/q;;;2*+1. The Balaban J connectivity index is 0.000000367. The van der Waals surface area contributed by atoms with Gasteiger partial charge in [0, 0.05) is 47.0 Å². The van der Waals surface area contributed by atoms with Gasteiger partial charge in [-0.3, -0.25) is 24.8 Å². The van der Waals surface area contributed by atoms with Gasteiger partial charge in [0.2, 0.25) is 5.88 Å². The van der Waals surface area contributed by atoms with Crippen LogP contribution in [0, 0.1) is 27.2 Å². The first-order chi connectivity index (χ1) is 25.1. The molecule has 0 spiro atoms. The van der Waals surface area contributed by atoms with E-state index in [1.807, 2.05) is 0 Å². The number of nitrogens with zero attached hydrogens (tertiary/aromatic N) is 8. The van der Waals surface area contributed by atoms with Crippen LogP contribution in [0.5, 0.6) is 23.1 Å². The first-order valence-corrected chi connectivity index (χ1v) is 16.4. The Kier molecular flexibility index (Phi) is 17.1. The molecule has 0 saturated carbocycles. The molecule has 5 aromatic carbocycles. The molecule has 0 atom stereocenters. The molecule has 0 bridgehead atoms. The predicted molar refractivity (Wildman–Crippen MR) is 188 cm³/mol. The van der Waals surface area contributed by atoms with Crippen molar-refractivity contribution in [2.45, 2.75) is 11.8 Å². The van der Waals surface area contributed by atoms with Crippen molar-refractivity contribution in [3.63, 3.8) is 0 Å². The molecule has 0 amide bonds. The Morgan fingerprint density at radius 2 is 1.30 bits per heavy atom. The maximum Gasteiger partial charge on any atom is 1.00 e. The fourth-order valence-electron chi connectivity index (χ4n) is 4.63. The summed E-state index contributed by atoms with van der Waals surface area (Å²) in [4.78, 5) is 19.2. The summed E-state index contributed by atoms with van der Waals surface area (Å²) in [5.74, 6) is -1.83. The van der Waals surface area contributed by atoms with Gasteiger partial charge in [-0.1, -0.05) is 54.1 Å². The molecule has 1 heterocycles. The Bertz CT molecular complexity index is 2610. The van der Waals surface area contributed by atoms with E-state index in [2.05, 4.69) is 25.6 Å². The van der Waals surface area contributed by atoms with Gasteiger partial charge in [0.25, 0.3) is 21.5 Å². The van der Waals surface area contributed by atoms with Crippen LogP contribution < -0.4 is 59.1 Å². The van der Waals surface area contributed by atoms with Crippen molar-refractivity contribution in [3.8, 4) is 28.8 Å². The summed E-state index contributed by atoms with van der Waals surface area (Å²) >= 11 is 6.11. The number of azo groups is 2.